The molecule has 0 spiro atoms. The number of benzene rings is 1. The van der Waals surface area contributed by atoms with Gasteiger partial charge in [0, 0.05) is 23.5 Å². The molecular formula is C32H36F3N3O6S. The van der Waals surface area contributed by atoms with E-state index in [9.17, 15) is 23.1 Å². The van der Waals surface area contributed by atoms with Crippen molar-refractivity contribution in [3.8, 4) is 5.75 Å². The predicted octanol–water partition coefficient (Wildman–Crippen LogP) is 6.32. The summed E-state index contributed by atoms with van der Waals surface area (Å²) in [5.74, 6) is -2.05. The third-order valence-electron chi connectivity index (χ3n) is 7.50. The van der Waals surface area contributed by atoms with Crippen LogP contribution < -0.4 is 10.1 Å². The number of hydrogen-bond donors (Lipinski definition) is 3. The molecule has 242 valence electrons. The minimum Gasteiger partial charge on any atom is -0.496 e. The summed E-state index contributed by atoms with van der Waals surface area (Å²) < 4.78 is 42.9. The van der Waals surface area contributed by atoms with Gasteiger partial charge in [-0.05, 0) is 85.4 Å². The van der Waals surface area contributed by atoms with Crippen LogP contribution in [0.5, 0.6) is 5.75 Å². The van der Waals surface area contributed by atoms with Crippen LogP contribution in [0.3, 0.4) is 0 Å². The van der Waals surface area contributed by atoms with Gasteiger partial charge in [0.05, 0.1) is 37.4 Å². The average molecular weight is 648 g/mol. The van der Waals surface area contributed by atoms with E-state index < -0.39 is 18.1 Å². The Hall–Kier alpha value is -3.97. The second-order valence-electron chi connectivity index (χ2n) is 10.7. The zero-order valence-corrected chi connectivity index (χ0v) is 25.7. The van der Waals surface area contributed by atoms with E-state index in [0.29, 0.717) is 19.6 Å². The fourth-order valence-electron chi connectivity index (χ4n) is 5.28. The first-order chi connectivity index (χ1) is 21.5. The number of thiazole rings is 1. The van der Waals surface area contributed by atoms with Crippen LogP contribution in [0.1, 0.15) is 64.7 Å². The number of anilines is 1. The Balaban J connectivity index is 0.000000591. The molecule has 3 N–H and O–H groups in total. The van der Waals surface area contributed by atoms with Crippen LogP contribution in [0.25, 0.3) is 5.57 Å². The largest absolute Gasteiger partial charge is 0.496 e. The van der Waals surface area contributed by atoms with E-state index in [0.717, 1.165) is 77.7 Å². The SMILES string of the molecule is COc1ccc(C2=CCOCC2)cc1C(CC(=O)O)Cc1csc(CCCc2ccc3c(n2)NCCC3)n1.O=C(O)C(F)(F)F. The lowest BCUT2D eigenvalue weighted by Gasteiger charge is -2.21. The third-order valence-corrected chi connectivity index (χ3v) is 8.45. The van der Waals surface area contributed by atoms with E-state index >= 15 is 0 Å². The molecule has 0 radical (unpaired) electrons. The molecule has 1 aromatic carbocycles. The number of methoxy groups -OCH3 is 1. The van der Waals surface area contributed by atoms with Gasteiger partial charge in [-0.3, -0.25) is 4.79 Å². The minimum atomic E-state index is -5.08. The average Bonchev–Trinajstić information content (AvgIpc) is 3.47. The van der Waals surface area contributed by atoms with Crippen molar-refractivity contribution in [3.63, 3.8) is 0 Å². The van der Waals surface area contributed by atoms with E-state index in [4.69, 9.17) is 29.3 Å². The van der Waals surface area contributed by atoms with Gasteiger partial charge in [-0.25, -0.2) is 14.8 Å². The summed E-state index contributed by atoms with van der Waals surface area (Å²) in [6, 6.07) is 10.4. The molecule has 2 aliphatic rings. The first-order valence-electron chi connectivity index (χ1n) is 14.7. The van der Waals surface area contributed by atoms with Crippen molar-refractivity contribution in [2.24, 2.45) is 0 Å². The molecule has 0 aliphatic carbocycles. The Morgan fingerprint density at radius 3 is 2.60 bits per heavy atom. The summed E-state index contributed by atoms with van der Waals surface area (Å²) in [4.78, 5) is 30.4. The molecule has 0 saturated carbocycles. The fraction of sp³-hybridized carbons (Fsp3) is 0.438. The standard InChI is InChI=1S/C30H35N3O4S.C2HF3O2/c1-36-27-10-8-22(20-11-14-37-15-12-20)17-26(27)23(18-29(34)35)16-25-19-38-28(32-25)6-2-5-24-9-7-21-4-3-13-31-30(21)33-24;3-2(4,5)1(6)7/h7-11,17,19,23H,2-6,12-16,18H2,1H3,(H,31,33)(H,34,35);(H,6,7). The summed E-state index contributed by atoms with van der Waals surface area (Å²) >= 11 is 1.65. The molecule has 0 amide bonds. The summed E-state index contributed by atoms with van der Waals surface area (Å²) in [7, 11) is 1.64. The van der Waals surface area contributed by atoms with Crippen LogP contribution in [-0.2, 0) is 40.0 Å². The first kappa shape index (κ1) is 33.9. The van der Waals surface area contributed by atoms with Crippen molar-refractivity contribution in [1.82, 2.24) is 9.97 Å². The highest BCUT2D eigenvalue weighted by Crippen LogP contribution is 2.35. The number of aromatic nitrogens is 2. The molecule has 1 atom stereocenters. The molecule has 45 heavy (non-hydrogen) atoms. The van der Waals surface area contributed by atoms with Crippen molar-refractivity contribution >= 4 is 34.7 Å². The minimum absolute atomic E-state index is 0.0207. The van der Waals surface area contributed by atoms with Gasteiger partial charge < -0.3 is 25.0 Å². The van der Waals surface area contributed by atoms with Gasteiger partial charge in [0.2, 0.25) is 0 Å². The molecule has 0 fully saturated rings. The number of hydrogen-bond acceptors (Lipinski definition) is 8. The number of carbonyl (C=O) groups is 2. The normalized spacial score (nSPS) is 15.1. The summed E-state index contributed by atoms with van der Waals surface area (Å²) in [5.41, 5.74) is 6.61. The lowest BCUT2D eigenvalue weighted by Crippen LogP contribution is -2.21. The Morgan fingerprint density at radius 2 is 1.91 bits per heavy atom. The topological polar surface area (TPSA) is 131 Å². The molecule has 13 heteroatoms. The number of fused-ring (bicyclic) bond motifs is 1. The number of halogens is 3. The van der Waals surface area contributed by atoms with Crippen LogP contribution in [0, 0.1) is 0 Å². The highest BCUT2D eigenvalue weighted by atomic mass is 32.1. The van der Waals surface area contributed by atoms with Gasteiger partial charge in [0.15, 0.2) is 0 Å². The van der Waals surface area contributed by atoms with Gasteiger partial charge in [-0.2, -0.15) is 13.2 Å². The quantitative estimate of drug-likeness (QED) is 0.219. The summed E-state index contributed by atoms with van der Waals surface area (Å²) in [6.45, 7) is 2.31. The number of nitrogens with one attached hydrogen (secondary N) is 1. The number of aliphatic carboxylic acids is 2. The Labute approximate surface area is 263 Å². The van der Waals surface area contributed by atoms with Crippen molar-refractivity contribution in [1.29, 1.82) is 0 Å². The lowest BCUT2D eigenvalue weighted by molar-refractivity contribution is -0.192. The molecule has 2 aromatic heterocycles. The monoisotopic (exact) mass is 647 g/mol. The molecular weight excluding hydrogens is 611 g/mol. The maximum Gasteiger partial charge on any atom is 0.490 e. The second-order valence-corrected chi connectivity index (χ2v) is 11.7. The van der Waals surface area contributed by atoms with Gasteiger partial charge in [-0.1, -0.05) is 18.2 Å². The lowest BCUT2D eigenvalue weighted by atomic mass is 9.88. The van der Waals surface area contributed by atoms with Crippen molar-refractivity contribution in [3.05, 3.63) is 74.9 Å². The van der Waals surface area contributed by atoms with Crippen molar-refractivity contribution in [2.45, 2.75) is 63.5 Å². The van der Waals surface area contributed by atoms with E-state index in [1.807, 2.05) is 12.1 Å². The first-order valence-corrected chi connectivity index (χ1v) is 15.5. The number of carboxylic acid groups (broad SMARTS) is 2. The fourth-order valence-corrected chi connectivity index (χ4v) is 6.14. The van der Waals surface area contributed by atoms with Crippen LogP contribution in [0.15, 0.2) is 41.8 Å². The number of ether oxygens (including phenoxy) is 2. The number of nitrogens with zero attached hydrogens (tertiary/aromatic N) is 2. The summed E-state index contributed by atoms with van der Waals surface area (Å²) in [5, 5.41) is 23.4. The molecule has 1 unspecified atom stereocenters. The van der Waals surface area contributed by atoms with Crippen molar-refractivity contribution < 1.29 is 42.4 Å². The molecule has 2 aliphatic heterocycles. The van der Waals surface area contributed by atoms with E-state index in [1.54, 1.807) is 18.4 Å². The molecule has 4 heterocycles. The molecule has 3 aromatic rings. The van der Waals surface area contributed by atoms with Gasteiger partial charge in [0.25, 0.3) is 0 Å². The van der Waals surface area contributed by atoms with E-state index in [2.05, 4.69) is 35.0 Å². The van der Waals surface area contributed by atoms with Gasteiger partial charge in [0.1, 0.15) is 11.6 Å². The smallest absolute Gasteiger partial charge is 0.490 e. The summed E-state index contributed by atoms with van der Waals surface area (Å²) in [6.07, 6.45) is 3.49. The van der Waals surface area contributed by atoms with E-state index in [1.165, 1.54) is 17.6 Å². The van der Waals surface area contributed by atoms with Gasteiger partial charge in [-0.15, -0.1) is 11.3 Å². The number of pyridine rings is 1. The van der Waals surface area contributed by atoms with E-state index in [-0.39, 0.29) is 12.3 Å². The zero-order valence-electron chi connectivity index (χ0n) is 24.9. The number of carboxylic acids is 2. The molecule has 5 rings (SSSR count). The van der Waals surface area contributed by atoms with Crippen LogP contribution in [0.4, 0.5) is 19.0 Å². The molecule has 9 nitrogen and oxygen atoms in total. The number of aryl methyl sites for hydroxylation is 3. The van der Waals surface area contributed by atoms with Crippen LogP contribution in [-0.4, -0.2) is 65.2 Å². The number of rotatable bonds is 11. The Morgan fingerprint density at radius 1 is 1.11 bits per heavy atom. The Kier molecular flexibility index (Phi) is 11.9. The molecule has 0 saturated heterocycles. The van der Waals surface area contributed by atoms with Crippen molar-refractivity contribution in [2.75, 3.05) is 32.2 Å². The van der Waals surface area contributed by atoms with Crippen LogP contribution in [0.2, 0.25) is 0 Å². The van der Waals surface area contributed by atoms with Gasteiger partial charge >= 0.3 is 18.1 Å². The highest BCUT2D eigenvalue weighted by Gasteiger charge is 2.38. The maximum atomic E-state index is 11.8. The third kappa shape index (κ3) is 10.0. The predicted molar refractivity (Wildman–Crippen MR) is 164 cm³/mol. The second kappa shape index (κ2) is 15.8. The van der Waals surface area contributed by atoms with Crippen LogP contribution >= 0.6 is 11.3 Å². The maximum absolute atomic E-state index is 11.8. The molecule has 0 bridgehead atoms. The highest BCUT2D eigenvalue weighted by molar-refractivity contribution is 7.09. The number of alkyl halides is 3. The Bertz CT molecular complexity index is 1510. The zero-order chi connectivity index (χ0) is 32.4.